The molecular formula is C78H73FN12O4. The van der Waals surface area contributed by atoms with E-state index in [1.54, 1.807) is 50.2 Å². The van der Waals surface area contributed by atoms with Crippen molar-refractivity contribution in [2.45, 2.75) is 58.2 Å². The second-order valence-corrected chi connectivity index (χ2v) is 25.1. The Morgan fingerprint density at radius 2 is 0.726 bits per heavy atom. The summed E-state index contributed by atoms with van der Waals surface area (Å²) in [5, 5.41) is 20.2. The van der Waals surface area contributed by atoms with E-state index in [2.05, 4.69) is 81.8 Å². The molecule has 10 heterocycles. The predicted molar refractivity (Wildman–Crippen MR) is 377 cm³/mol. The van der Waals surface area contributed by atoms with Gasteiger partial charge in [-0.1, -0.05) is 66.7 Å². The molecule has 17 heteroatoms. The number of aromatic nitrogens is 9. The van der Waals surface area contributed by atoms with Gasteiger partial charge in [0.05, 0.1) is 54.8 Å². The minimum absolute atomic E-state index is 0.0403. The Kier molecular flexibility index (Phi) is 17.3. The van der Waals surface area contributed by atoms with E-state index in [4.69, 9.17) is 4.42 Å². The normalized spacial score (nSPS) is 14.5. The monoisotopic (exact) mass is 1260 g/mol. The van der Waals surface area contributed by atoms with Gasteiger partial charge in [-0.15, -0.1) is 0 Å². The van der Waals surface area contributed by atoms with E-state index in [-0.39, 0.29) is 22.5 Å². The van der Waals surface area contributed by atoms with E-state index in [9.17, 15) is 18.8 Å². The van der Waals surface area contributed by atoms with E-state index < -0.39 is 0 Å². The number of halogens is 1. The molecule has 0 aliphatic carbocycles. The van der Waals surface area contributed by atoms with Gasteiger partial charge in [0.2, 0.25) is 0 Å². The van der Waals surface area contributed by atoms with Crippen molar-refractivity contribution in [1.82, 2.24) is 57.7 Å². The van der Waals surface area contributed by atoms with Crippen molar-refractivity contribution in [3.63, 3.8) is 0 Å². The summed E-state index contributed by atoms with van der Waals surface area (Å²) >= 11 is 0. The van der Waals surface area contributed by atoms with Crippen molar-refractivity contribution in [2.24, 2.45) is 0 Å². The molecule has 3 aliphatic rings. The van der Waals surface area contributed by atoms with E-state index in [1.807, 2.05) is 139 Å². The van der Waals surface area contributed by atoms with Crippen LogP contribution in [-0.4, -0.2) is 117 Å². The van der Waals surface area contributed by atoms with Gasteiger partial charge in [-0.25, -0.2) is 4.39 Å². The molecular weight excluding hydrogens is 1190 g/mol. The zero-order valence-electron chi connectivity index (χ0n) is 53.0. The highest BCUT2D eigenvalue weighted by Gasteiger charge is 2.18. The van der Waals surface area contributed by atoms with Crippen molar-refractivity contribution in [3.8, 4) is 50.6 Å². The van der Waals surface area contributed by atoms with E-state index in [0.717, 1.165) is 128 Å². The molecule has 14 aromatic rings. The summed E-state index contributed by atoms with van der Waals surface area (Å²) in [6.07, 6.45) is 18.9. The first kappa shape index (κ1) is 60.6. The fourth-order valence-electron chi connectivity index (χ4n) is 13.7. The van der Waals surface area contributed by atoms with Crippen LogP contribution >= 0.6 is 0 Å². The summed E-state index contributed by atoms with van der Waals surface area (Å²) in [5.74, 6) is 0.409. The Labute approximate surface area is 548 Å². The second-order valence-electron chi connectivity index (χ2n) is 25.1. The number of hydrogen-bond acceptors (Lipinski definition) is 10. The SMILES string of the molecule is O=c1cc(-c2cc3ccccc3o2)ccn1-c1ccc2c(cnn2CCN2CCCC2)c1.O=c1cc(-c2ccc(F)cc2)ccn1-c1ccc2c(cnn2CCN2CCCC2)c1.O=c1cc(-c2ccc3ccccc3c2)ccn1-c1ccc2c(cnn2CCN2CCCC2)c1. The highest BCUT2D eigenvalue weighted by atomic mass is 19.1. The van der Waals surface area contributed by atoms with Gasteiger partial charge in [0.1, 0.15) is 17.2 Å². The van der Waals surface area contributed by atoms with Crippen LogP contribution in [0.1, 0.15) is 38.5 Å². The zero-order chi connectivity index (χ0) is 64.2. The summed E-state index contributed by atoms with van der Waals surface area (Å²) in [5.41, 5.74) is 10.7. The van der Waals surface area contributed by atoms with E-state index in [1.165, 1.54) is 101 Å². The molecule has 3 fully saturated rings. The van der Waals surface area contributed by atoms with Crippen LogP contribution < -0.4 is 16.7 Å². The third-order valence-corrected chi connectivity index (χ3v) is 18.9. The number of hydrogen-bond donors (Lipinski definition) is 0. The fraction of sp³-hybridized carbons (Fsp3) is 0.231. The van der Waals surface area contributed by atoms with Gasteiger partial charge in [0, 0.05) is 101 Å². The van der Waals surface area contributed by atoms with Gasteiger partial charge in [-0.2, -0.15) is 15.3 Å². The number of benzene rings is 7. The van der Waals surface area contributed by atoms with Crippen LogP contribution in [0.15, 0.2) is 244 Å². The smallest absolute Gasteiger partial charge is 0.255 e. The maximum absolute atomic E-state index is 13.1. The molecule has 0 N–H and O–H groups in total. The van der Waals surface area contributed by atoms with Crippen molar-refractivity contribution < 1.29 is 8.81 Å². The lowest BCUT2D eigenvalue weighted by atomic mass is 10.0. The average Bonchev–Trinajstić information content (AvgIpc) is 1.82. The van der Waals surface area contributed by atoms with Gasteiger partial charge in [-0.3, -0.25) is 42.1 Å². The number of pyridine rings is 3. The number of furan rings is 1. The summed E-state index contributed by atoms with van der Waals surface area (Å²) < 4.78 is 30.2. The molecule has 0 spiro atoms. The molecule has 0 bridgehead atoms. The molecule has 0 unspecified atom stereocenters. The van der Waals surface area contributed by atoms with Gasteiger partial charge < -0.3 is 19.1 Å². The largest absolute Gasteiger partial charge is 0.456 e. The molecule has 0 amide bonds. The van der Waals surface area contributed by atoms with Crippen molar-refractivity contribution in [1.29, 1.82) is 0 Å². The molecule has 476 valence electrons. The first-order valence-corrected chi connectivity index (χ1v) is 33.1. The van der Waals surface area contributed by atoms with Gasteiger partial charge in [0.25, 0.3) is 16.7 Å². The highest BCUT2D eigenvalue weighted by molar-refractivity contribution is 5.88. The zero-order valence-corrected chi connectivity index (χ0v) is 53.0. The van der Waals surface area contributed by atoms with Crippen molar-refractivity contribution in [2.75, 3.05) is 58.9 Å². The molecule has 95 heavy (non-hydrogen) atoms. The lowest BCUT2D eigenvalue weighted by Gasteiger charge is -2.14. The number of likely N-dealkylation sites (tertiary alicyclic amines) is 3. The van der Waals surface area contributed by atoms with Gasteiger partial charge in [-0.05, 0) is 214 Å². The van der Waals surface area contributed by atoms with Crippen LogP contribution in [0, 0.1) is 5.82 Å². The number of nitrogens with zero attached hydrogens (tertiary/aromatic N) is 12. The van der Waals surface area contributed by atoms with Crippen LogP contribution in [0.5, 0.6) is 0 Å². The maximum Gasteiger partial charge on any atom is 0.255 e. The molecule has 3 aliphatic heterocycles. The molecule has 3 saturated heterocycles. The second kappa shape index (κ2) is 27.2. The summed E-state index contributed by atoms with van der Waals surface area (Å²) in [6.45, 7) is 12.9. The number of para-hydroxylation sites is 1. The maximum atomic E-state index is 13.1. The molecule has 17 rings (SSSR count). The fourth-order valence-corrected chi connectivity index (χ4v) is 13.7. The Morgan fingerprint density at radius 1 is 0.337 bits per heavy atom. The third kappa shape index (κ3) is 13.4. The van der Waals surface area contributed by atoms with Crippen LogP contribution in [0.3, 0.4) is 0 Å². The topological polar surface area (TPSA) is 142 Å². The van der Waals surface area contributed by atoms with Crippen molar-refractivity contribution >= 4 is 54.5 Å². The first-order chi connectivity index (χ1) is 46.7. The third-order valence-electron chi connectivity index (χ3n) is 18.9. The molecule has 0 atom stereocenters. The lowest BCUT2D eigenvalue weighted by molar-refractivity contribution is 0.318. The summed E-state index contributed by atoms with van der Waals surface area (Å²) in [4.78, 5) is 46.1. The van der Waals surface area contributed by atoms with E-state index in [0.29, 0.717) is 5.76 Å². The van der Waals surface area contributed by atoms with Crippen LogP contribution in [0.25, 0.3) is 105 Å². The van der Waals surface area contributed by atoms with Crippen LogP contribution in [0.4, 0.5) is 4.39 Å². The molecule has 0 radical (unpaired) electrons. The van der Waals surface area contributed by atoms with Crippen LogP contribution in [0.2, 0.25) is 0 Å². The molecule has 0 saturated carbocycles. The quantitative estimate of drug-likeness (QED) is 0.0973. The standard InChI is InChI=1S/C28H26N4O.C26H24N4O2.C24H23FN4O/c33-28-19-24(23-8-7-21-5-1-2-6-22(21)17-23)11-14-31(28)26-9-10-27-25(18-26)20-29-32(27)16-15-30-12-3-4-13-30;31-26-17-20(25-16-19-5-1-2-6-24(19)32-25)9-12-29(26)22-7-8-23-21(15-22)18-27-30(23)14-13-28-10-3-4-11-28;25-21-5-3-18(4-6-21)19-9-12-28(24(30)16-19)22-7-8-23-20(15-22)17-26-29(23)14-13-27-10-1-2-11-27/h1-2,5-11,14,17-20H,3-4,12-13,15-16H2;1-2,5-9,12,15-18H,3-4,10-11,13-14H2;3-9,12,15-17H,1-2,10-11,13-14H2. The number of fused-ring (bicyclic) bond motifs is 5. The molecule has 7 aromatic carbocycles. The Morgan fingerprint density at radius 3 is 1.18 bits per heavy atom. The summed E-state index contributed by atoms with van der Waals surface area (Å²) in [6, 6.07) is 59.5. The first-order valence-electron chi connectivity index (χ1n) is 33.1. The van der Waals surface area contributed by atoms with Crippen LogP contribution in [-0.2, 0) is 19.6 Å². The van der Waals surface area contributed by atoms with Crippen molar-refractivity contribution in [3.05, 3.63) is 262 Å². The Bertz CT molecular complexity index is 5220. The minimum Gasteiger partial charge on any atom is -0.456 e. The van der Waals surface area contributed by atoms with Gasteiger partial charge >= 0.3 is 0 Å². The minimum atomic E-state index is -0.290. The van der Waals surface area contributed by atoms with Gasteiger partial charge in [0.15, 0.2) is 0 Å². The predicted octanol–water partition coefficient (Wildman–Crippen LogP) is 13.9. The molecule has 16 nitrogen and oxygen atoms in total. The number of rotatable bonds is 15. The average molecular weight is 1260 g/mol. The highest BCUT2D eigenvalue weighted by Crippen LogP contribution is 2.29. The lowest BCUT2D eigenvalue weighted by Crippen LogP contribution is -2.24. The Balaban J connectivity index is 0.000000117. The Hall–Kier alpha value is -10.6. The molecule has 7 aromatic heterocycles. The van der Waals surface area contributed by atoms with E-state index >= 15 is 0 Å². The summed E-state index contributed by atoms with van der Waals surface area (Å²) in [7, 11) is 0.